The van der Waals surface area contributed by atoms with Crippen molar-refractivity contribution in [2.45, 2.75) is 41.5 Å². The van der Waals surface area contributed by atoms with Gasteiger partial charge in [-0.15, -0.1) is 0 Å². The van der Waals surface area contributed by atoms with Crippen molar-refractivity contribution in [2.75, 3.05) is 22.9 Å². The Hall–Kier alpha value is -0.887. The Kier molecular flexibility index (Phi) is 7.92. The molecule has 5 heteroatoms. The van der Waals surface area contributed by atoms with E-state index in [9.17, 15) is 0 Å². The van der Waals surface area contributed by atoms with Crippen LogP contribution in [0.2, 0.25) is 0 Å². The third kappa shape index (κ3) is 5.80. The molecule has 3 rings (SSSR count). The van der Waals surface area contributed by atoms with Gasteiger partial charge in [-0.05, 0) is 63.8 Å². The molecule has 1 aliphatic rings. The topological polar surface area (TPSA) is 6.48 Å². The average molecular weight is 493 g/mol. The molecule has 0 aliphatic carbocycles. The second-order valence-corrected chi connectivity index (χ2v) is 13.0. The Morgan fingerprint density at radius 1 is 0.741 bits per heavy atom. The maximum atomic E-state index is 5.07. The molecule has 0 radical (unpaired) electrons. The van der Waals surface area contributed by atoms with Crippen LogP contribution in [0.25, 0.3) is 0 Å². The van der Waals surface area contributed by atoms with Crippen LogP contribution in [-0.4, -0.2) is 18.2 Å². The number of hydrogen-bond acceptors (Lipinski definition) is 2. The van der Waals surface area contributed by atoms with E-state index < -0.39 is 13.5 Å². The van der Waals surface area contributed by atoms with Crippen LogP contribution >= 0.6 is 19.4 Å². The molecule has 1 fully saturated rings. The zero-order valence-electron chi connectivity index (χ0n) is 17.0. The second-order valence-electron chi connectivity index (χ2n) is 7.24. The van der Waals surface area contributed by atoms with Gasteiger partial charge in [-0.25, -0.2) is 0 Å². The fraction of sp³-hybridized carbons (Fsp3) is 0.364. The number of hydrogen-bond donors (Lipinski definition) is 0. The van der Waals surface area contributed by atoms with Crippen LogP contribution in [0.15, 0.2) is 24.3 Å². The van der Waals surface area contributed by atoms with Crippen molar-refractivity contribution < 1.29 is 13.5 Å². The van der Waals surface area contributed by atoms with Crippen LogP contribution in [0, 0.1) is 48.2 Å². The third-order valence-electron chi connectivity index (χ3n) is 4.71. The summed E-state index contributed by atoms with van der Waals surface area (Å²) in [6.07, 6.45) is 0. The normalized spacial score (nSPS) is 14.1. The molecule has 150 valence electrons. The summed E-state index contributed by atoms with van der Waals surface area (Å²) in [5, 5.41) is 3.31. The zero-order valence-corrected chi connectivity index (χ0v) is 20.3. The van der Waals surface area contributed by atoms with E-state index in [0.29, 0.717) is 0 Å². The van der Waals surface area contributed by atoms with E-state index in [1.165, 1.54) is 44.8 Å². The molecule has 0 unspecified atom stereocenters. The molecule has 2 nitrogen and oxygen atoms in total. The van der Waals surface area contributed by atoms with E-state index in [2.05, 4.69) is 87.4 Å². The fourth-order valence-corrected chi connectivity index (χ4v) is 4.09. The fourth-order valence-electron chi connectivity index (χ4n) is 4.09. The minimum absolute atomic E-state index is 1.04. The number of nitrogens with zero attached hydrogens (tertiary/aromatic N) is 2. The molecule has 2 aromatic carbocycles. The summed E-state index contributed by atoms with van der Waals surface area (Å²) in [5.74, 6) is 0. The van der Waals surface area contributed by atoms with Crippen molar-refractivity contribution in [3.05, 3.63) is 64.3 Å². The molecule has 0 amide bonds. The first-order chi connectivity index (χ1) is 12.6. The van der Waals surface area contributed by atoms with E-state index in [1.54, 1.807) is 0 Å². The van der Waals surface area contributed by atoms with Crippen molar-refractivity contribution in [3.63, 3.8) is 0 Å². The van der Waals surface area contributed by atoms with Crippen LogP contribution < -0.4 is 9.80 Å². The van der Waals surface area contributed by atoms with E-state index in [1.807, 2.05) is 0 Å². The predicted molar refractivity (Wildman–Crippen MR) is 119 cm³/mol. The monoisotopic (exact) mass is 493 g/mol. The van der Waals surface area contributed by atoms with Crippen LogP contribution in [-0.2, 0) is 13.5 Å². The molecular weight excluding hydrogens is 464 g/mol. The van der Waals surface area contributed by atoms with Crippen molar-refractivity contribution in [1.82, 2.24) is 0 Å². The molecule has 0 saturated carbocycles. The molecule has 2 aromatic rings. The number of aryl methyl sites for hydroxylation is 6. The van der Waals surface area contributed by atoms with Crippen LogP contribution in [0.1, 0.15) is 33.4 Å². The molecule has 1 heterocycles. The van der Waals surface area contributed by atoms with Gasteiger partial charge in [-0.2, -0.15) is 6.67 Å². The molecule has 1 aliphatic heterocycles. The molecule has 0 spiro atoms. The Morgan fingerprint density at radius 2 is 1.00 bits per heavy atom. The van der Waals surface area contributed by atoms with E-state index >= 15 is 0 Å². The van der Waals surface area contributed by atoms with Gasteiger partial charge in [0.2, 0.25) is 0 Å². The van der Waals surface area contributed by atoms with Gasteiger partial charge in [0, 0.05) is 24.5 Å². The number of anilines is 2. The van der Waals surface area contributed by atoms with E-state index in [0.717, 1.165) is 13.1 Å². The summed E-state index contributed by atoms with van der Waals surface area (Å²) in [7, 11) is 10.1. The number of benzene rings is 2. The first kappa shape index (κ1) is 22.4. The van der Waals surface area contributed by atoms with Gasteiger partial charge in [-0.1, -0.05) is 35.4 Å². The molecule has 0 atom stereocenters. The number of halogens is 2. The van der Waals surface area contributed by atoms with E-state index in [4.69, 9.17) is 19.4 Å². The van der Waals surface area contributed by atoms with Gasteiger partial charge in [0.25, 0.3) is 0 Å². The van der Waals surface area contributed by atoms with Crippen LogP contribution in [0.3, 0.4) is 0 Å². The third-order valence-corrected chi connectivity index (χ3v) is 4.71. The van der Waals surface area contributed by atoms with Gasteiger partial charge < -0.3 is 9.80 Å². The van der Waals surface area contributed by atoms with Gasteiger partial charge >= 0.3 is 38.0 Å². The quantitative estimate of drug-likeness (QED) is 0.357. The predicted octanol–water partition coefficient (Wildman–Crippen LogP) is 6.33. The van der Waals surface area contributed by atoms with Crippen molar-refractivity contribution in [3.8, 4) is 0 Å². The van der Waals surface area contributed by atoms with Crippen LogP contribution in [0.4, 0.5) is 11.4 Å². The van der Waals surface area contributed by atoms with Gasteiger partial charge in [0.15, 0.2) is 0 Å². The van der Waals surface area contributed by atoms with Gasteiger partial charge in [-0.3, -0.25) is 0 Å². The SMILES string of the molecule is Cc1cc(C)c(N2[CH-]N(c3c(C)cc(C)cc3C)CC2)c(C)c1.[CH2]=[Ru]([Cl])[Cl]. The van der Waals surface area contributed by atoms with Gasteiger partial charge in [0.05, 0.1) is 0 Å². The molecule has 0 N–H and O–H groups in total. The molecule has 1 saturated heterocycles. The summed E-state index contributed by atoms with van der Waals surface area (Å²) in [6.45, 7) is 17.6. The second kappa shape index (κ2) is 9.54. The van der Waals surface area contributed by atoms with Crippen molar-refractivity contribution in [2.24, 2.45) is 0 Å². The van der Waals surface area contributed by atoms with Crippen molar-refractivity contribution >= 4 is 35.9 Å². The Morgan fingerprint density at radius 3 is 1.26 bits per heavy atom. The molecule has 27 heavy (non-hydrogen) atoms. The van der Waals surface area contributed by atoms with E-state index in [-0.39, 0.29) is 0 Å². The summed E-state index contributed by atoms with van der Waals surface area (Å²) in [5.41, 5.74) is 10.8. The van der Waals surface area contributed by atoms with Crippen molar-refractivity contribution in [1.29, 1.82) is 0 Å². The molecule has 0 aromatic heterocycles. The average Bonchev–Trinajstić information content (AvgIpc) is 2.93. The van der Waals surface area contributed by atoms with Gasteiger partial charge in [0.1, 0.15) is 0 Å². The standard InChI is InChI=1S/C21H27N2.CH2.2ClH.Ru/c1-14-9-16(3)20(17(4)10-14)22-7-8-23(13-22)21-18(5)11-15(2)12-19(21)6;;;;/h9-13H,7-8H2,1-6H3;1H2;2*1H;/q-1;;;;+2/p-2. The first-order valence-corrected chi connectivity index (χ1v) is 14.6. The number of rotatable bonds is 2. The summed E-state index contributed by atoms with van der Waals surface area (Å²) >= 11 is -1.48. The first-order valence-electron chi connectivity index (χ1n) is 8.92. The Bertz CT molecular complexity index is 735. The Labute approximate surface area is 177 Å². The molecule has 0 bridgehead atoms. The zero-order chi connectivity index (χ0) is 20.3. The Balaban J connectivity index is 0.000000596. The molecular formula is C22H29Cl2N2Ru-. The summed E-state index contributed by atoms with van der Waals surface area (Å²) in [4.78, 5) is 4.81. The maximum absolute atomic E-state index is 5.07. The van der Waals surface area contributed by atoms with Crippen LogP contribution in [0.5, 0.6) is 0 Å². The summed E-state index contributed by atoms with van der Waals surface area (Å²) in [6, 6.07) is 9.12. The minimum atomic E-state index is -1.48. The summed E-state index contributed by atoms with van der Waals surface area (Å²) < 4.78 is 0.